The van der Waals surface area contributed by atoms with Crippen LogP contribution in [-0.4, -0.2) is 42.3 Å². The lowest BCUT2D eigenvalue weighted by molar-refractivity contribution is -0.670. The molecule has 1 aliphatic rings. The van der Waals surface area contributed by atoms with Crippen LogP contribution < -0.4 is 29.3 Å². The number of carbonyl (C=O) groups excluding carboxylic acids is 1. The van der Waals surface area contributed by atoms with Gasteiger partial charge in [0.05, 0.1) is 27.4 Å². The van der Waals surface area contributed by atoms with E-state index >= 15 is 0 Å². The van der Waals surface area contributed by atoms with E-state index in [0.717, 1.165) is 16.7 Å². The number of rotatable bonds is 6. The number of hydrogen-bond acceptors (Lipinski definition) is 8. The van der Waals surface area contributed by atoms with Crippen molar-refractivity contribution in [3.8, 4) is 34.1 Å². The molecule has 2 aromatic carbocycles. The average Bonchev–Trinajstić information content (AvgIpc) is 2.89. The van der Waals surface area contributed by atoms with Gasteiger partial charge in [-0.25, -0.2) is 4.57 Å². The van der Waals surface area contributed by atoms with Crippen LogP contribution in [0.25, 0.3) is 11.1 Å². The Bertz CT molecular complexity index is 1020. The van der Waals surface area contributed by atoms with Gasteiger partial charge in [-0.05, 0) is 47.7 Å². The van der Waals surface area contributed by atoms with Crippen LogP contribution in [0.3, 0.4) is 0 Å². The predicted molar refractivity (Wildman–Crippen MR) is 112 cm³/mol. The number of amides is 1. The molecule has 0 aromatic heterocycles. The smallest absolute Gasteiger partial charge is 0.524 e. The number of aryl methyl sites for hydroxylation is 1. The molecular weight excluding hydrogens is 445 g/mol. The number of nitrogens with one attached hydrogen (secondary N) is 1. The van der Waals surface area contributed by atoms with E-state index in [2.05, 4.69) is 5.32 Å². The van der Waals surface area contributed by atoms with E-state index in [1.54, 1.807) is 13.2 Å². The number of methoxy groups -OCH3 is 3. The van der Waals surface area contributed by atoms with Crippen molar-refractivity contribution in [3.63, 3.8) is 0 Å². The van der Waals surface area contributed by atoms with Crippen LogP contribution in [0.2, 0.25) is 0 Å². The zero-order chi connectivity index (χ0) is 24.1. The molecule has 1 aliphatic carbocycles. The van der Waals surface area contributed by atoms with Gasteiger partial charge in [0.1, 0.15) is 5.75 Å². The lowest BCUT2D eigenvalue weighted by Gasteiger charge is -2.21. The van der Waals surface area contributed by atoms with Crippen molar-refractivity contribution in [2.45, 2.75) is 25.8 Å². The highest BCUT2D eigenvalue weighted by atomic mass is 31.2. The maximum Gasteiger partial charge on any atom is 0.524 e. The monoisotopic (exact) mass is 470 g/mol. The fourth-order valence-electron chi connectivity index (χ4n) is 3.80. The van der Waals surface area contributed by atoms with Crippen molar-refractivity contribution in [3.05, 3.63) is 35.4 Å². The third-order valence-electron chi connectivity index (χ3n) is 4.88. The molecule has 2 aromatic rings. The standard InChI is InChI=1S/C20H24NO8P.H2O2/c1-11(22)21-16-8-5-12-9-17(26-2)19(27-3)20(28-4)18(12)14-7-6-13(10-15(14)16)29-30(23,24)25;1-2/h6-7,9-10,16H,5,8H2,1-4H3,(H,21,22)(H2,23,24,25);1-2H/p-1/t16-;/m0./s1. The highest BCUT2D eigenvalue weighted by Crippen LogP contribution is 2.51. The SMILES string of the molecule is COc1cc2c(c(OC)c1OC)-c1ccc(OP(=O)(O)O)cc1[C@@H](NC(C)=O)CC2.[O-]O. The summed E-state index contributed by atoms with van der Waals surface area (Å²) in [6.07, 6.45) is 1.15. The molecule has 0 saturated heterocycles. The predicted octanol–water partition coefficient (Wildman–Crippen LogP) is 1.79. The Hall–Kier alpha value is -2.82. The minimum atomic E-state index is -4.74. The highest BCUT2D eigenvalue weighted by Gasteiger charge is 2.30. The number of hydrogen-bond donors (Lipinski definition) is 4. The summed E-state index contributed by atoms with van der Waals surface area (Å²) in [7, 11) is -0.151. The zero-order valence-corrected chi connectivity index (χ0v) is 18.8. The van der Waals surface area contributed by atoms with Crippen LogP contribution in [0.15, 0.2) is 24.3 Å². The van der Waals surface area contributed by atoms with E-state index in [4.69, 9.17) is 29.2 Å². The molecule has 1 atom stereocenters. The number of fused-ring (bicyclic) bond motifs is 3. The van der Waals surface area contributed by atoms with Crippen molar-refractivity contribution < 1.29 is 48.4 Å². The molecule has 0 heterocycles. The minimum absolute atomic E-state index is 0.000305. The molecular formula is C20H25NO10P-. The van der Waals surface area contributed by atoms with E-state index in [1.807, 2.05) is 6.07 Å². The average molecular weight is 470 g/mol. The Morgan fingerprint density at radius 3 is 2.28 bits per heavy atom. The first kappa shape index (κ1) is 25.4. The second-order valence-corrected chi connectivity index (χ2v) is 7.97. The fraction of sp³-hybridized carbons (Fsp3) is 0.350. The summed E-state index contributed by atoms with van der Waals surface area (Å²) in [5.41, 5.74) is 3.08. The van der Waals surface area contributed by atoms with Crippen LogP contribution in [0, 0.1) is 0 Å². The first-order valence-electron chi connectivity index (χ1n) is 9.35. The normalized spacial score (nSPS) is 14.6. The molecule has 4 N–H and O–H groups in total. The molecule has 3 rings (SSSR count). The van der Waals surface area contributed by atoms with Crippen LogP contribution in [0.5, 0.6) is 23.0 Å². The van der Waals surface area contributed by atoms with Gasteiger partial charge in [-0.3, -0.25) is 14.6 Å². The molecule has 12 heteroatoms. The maximum atomic E-state index is 11.8. The van der Waals surface area contributed by atoms with Gasteiger partial charge in [0.15, 0.2) is 11.5 Å². The molecule has 0 radical (unpaired) electrons. The minimum Gasteiger partial charge on any atom is -0.727 e. The zero-order valence-electron chi connectivity index (χ0n) is 17.9. The van der Waals surface area contributed by atoms with E-state index < -0.39 is 13.9 Å². The van der Waals surface area contributed by atoms with Crippen molar-refractivity contribution in [2.75, 3.05) is 21.3 Å². The van der Waals surface area contributed by atoms with E-state index in [9.17, 15) is 19.1 Å². The largest absolute Gasteiger partial charge is 0.727 e. The maximum absolute atomic E-state index is 11.8. The van der Waals surface area contributed by atoms with Gasteiger partial charge < -0.3 is 34.6 Å². The molecule has 176 valence electrons. The van der Waals surface area contributed by atoms with Gasteiger partial charge in [0.2, 0.25) is 11.7 Å². The molecule has 1 amide bonds. The van der Waals surface area contributed by atoms with Gasteiger partial charge in [0.25, 0.3) is 0 Å². The van der Waals surface area contributed by atoms with E-state index in [0.29, 0.717) is 35.7 Å². The summed E-state index contributed by atoms with van der Waals surface area (Å²) in [6.45, 7) is 1.42. The third-order valence-corrected chi connectivity index (χ3v) is 5.33. The number of ether oxygens (including phenoxy) is 3. The first-order chi connectivity index (χ1) is 15.2. The molecule has 0 aliphatic heterocycles. The van der Waals surface area contributed by atoms with Crippen LogP contribution in [0.1, 0.15) is 30.5 Å². The number of benzene rings is 2. The van der Waals surface area contributed by atoms with Gasteiger partial charge in [-0.2, -0.15) is 0 Å². The van der Waals surface area contributed by atoms with Gasteiger partial charge in [0, 0.05) is 12.5 Å². The lowest BCUT2D eigenvalue weighted by Crippen LogP contribution is -2.26. The number of phosphoric acid groups is 1. The summed E-state index contributed by atoms with van der Waals surface area (Å²) >= 11 is 0. The Morgan fingerprint density at radius 2 is 1.75 bits per heavy atom. The molecule has 0 spiro atoms. The molecule has 32 heavy (non-hydrogen) atoms. The quantitative estimate of drug-likeness (QED) is 0.278. The summed E-state index contributed by atoms with van der Waals surface area (Å²) in [5.74, 6) is 1.20. The molecule has 0 bridgehead atoms. The number of carbonyl (C=O) groups is 1. The first-order valence-corrected chi connectivity index (χ1v) is 10.9. The second kappa shape index (κ2) is 10.7. The van der Waals surface area contributed by atoms with Crippen molar-refractivity contribution in [2.24, 2.45) is 0 Å². The molecule has 0 fully saturated rings. The van der Waals surface area contributed by atoms with Gasteiger partial charge >= 0.3 is 7.82 Å². The lowest BCUT2D eigenvalue weighted by atomic mass is 9.93. The molecule has 11 nitrogen and oxygen atoms in total. The van der Waals surface area contributed by atoms with Crippen LogP contribution in [0.4, 0.5) is 0 Å². The van der Waals surface area contributed by atoms with Crippen LogP contribution >= 0.6 is 7.82 Å². The molecule has 0 unspecified atom stereocenters. The van der Waals surface area contributed by atoms with Gasteiger partial charge in [-0.1, -0.05) is 6.07 Å². The second-order valence-electron chi connectivity index (χ2n) is 6.80. The van der Waals surface area contributed by atoms with E-state index in [-0.39, 0.29) is 11.7 Å². The highest BCUT2D eigenvalue weighted by molar-refractivity contribution is 7.46. The summed E-state index contributed by atoms with van der Waals surface area (Å²) in [4.78, 5) is 30.2. The molecule has 0 saturated carbocycles. The van der Waals surface area contributed by atoms with Gasteiger partial charge in [-0.15, -0.1) is 0 Å². The summed E-state index contributed by atoms with van der Waals surface area (Å²) in [5, 5.41) is 15.9. The summed E-state index contributed by atoms with van der Waals surface area (Å²) < 4.78 is 32.7. The third kappa shape index (κ3) is 5.50. The fourth-order valence-corrected chi connectivity index (χ4v) is 4.19. The Balaban J connectivity index is 0.00000176. The van der Waals surface area contributed by atoms with Crippen LogP contribution in [-0.2, 0) is 15.8 Å². The van der Waals surface area contributed by atoms with Crippen molar-refractivity contribution in [1.82, 2.24) is 5.32 Å². The Morgan fingerprint density at radius 1 is 1.09 bits per heavy atom. The topological polar surface area (TPSA) is 167 Å². The Labute approximate surface area is 184 Å². The van der Waals surface area contributed by atoms with Crippen molar-refractivity contribution >= 4 is 13.7 Å². The number of phosphoric ester groups is 1. The van der Waals surface area contributed by atoms with E-state index in [1.165, 1.54) is 33.3 Å². The summed E-state index contributed by atoms with van der Waals surface area (Å²) in [6, 6.07) is 6.16. The van der Waals surface area contributed by atoms with Crippen molar-refractivity contribution in [1.29, 1.82) is 0 Å². The Kier molecular flexibility index (Phi) is 8.48.